The molecule has 1 heterocycles. The Morgan fingerprint density at radius 2 is 2.00 bits per heavy atom. The number of nitrogens with zero attached hydrogens (tertiary/aromatic N) is 1. The third-order valence-electron chi connectivity index (χ3n) is 7.49. The smallest absolute Gasteiger partial charge is 0.226 e. The minimum absolute atomic E-state index is 0.159. The lowest BCUT2D eigenvalue weighted by Gasteiger charge is -2.49. The van der Waals surface area contributed by atoms with E-state index in [4.69, 9.17) is 0 Å². The highest BCUT2D eigenvalue weighted by molar-refractivity contribution is 5.81. The predicted molar refractivity (Wildman–Crippen MR) is 92.3 cm³/mol. The molecule has 3 saturated carbocycles. The van der Waals surface area contributed by atoms with Gasteiger partial charge in [-0.15, -0.1) is 0 Å². The Hall–Kier alpha value is -1.35. The standard InChI is InChI=1S/C21H27NO2/c23-20-16(10-14-4-2-1-3-5-14)7-9-22(20)19-6-8-21(24)13-15-11-17(19)18(21)12-15/h1-5,15-19,24H,6-13H2/t15?,16?,17-,18?,19+,21+/m1/s1. The number of benzene rings is 1. The van der Waals surface area contributed by atoms with Gasteiger partial charge < -0.3 is 10.0 Å². The van der Waals surface area contributed by atoms with E-state index < -0.39 is 5.60 Å². The molecule has 0 spiro atoms. The molecule has 3 unspecified atom stereocenters. The highest BCUT2D eigenvalue weighted by Gasteiger charge is 2.60. The molecule has 5 rings (SSSR count). The van der Waals surface area contributed by atoms with Crippen LogP contribution >= 0.6 is 0 Å². The molecule has 4 aliphatic rings. The molecule has 1 aromatic carbocycles. The molecule has 4 fully saturated rings. The lowest BCUT2D eigenvalue weighted by Crippen LogP contribution is -2.54. The van der Waals surface area contributed by atoms with Crippen LogP contribution in [0.4, 0.5) is 0 Å². The van der Waals surface area contributed by atoms with Crippen molar-refractivity contribution in [2.24, 2.45) is 23.7 Å². The monoisotopic (exact) mass is 325 g/mol. The molecule has 1 aromatic rings. The number of hydrogen-bond donors (Lipinski definition) is 1. The van der Waals surface area contributed by atoms with Gasteiger partial charge in [0.2, 0.25) is 5.91 Å². The molecule has 0 aromatic heterocycles. The fourth-order valence-corrected chi connectivity index (χ4v) is 6.51. The van der Waals surface area contributed by atoms with E-state index >= 15 is 0 Å². The van der Waals surface area contributed by atoms with Crippen molar-refractivity contribution in [2.45, 2.75) is 56.6 Å². The second kappa shape index (κ2) is 5.32. The maximum absolute atomic E-state index is 13.0. The number of rotatable bonds is 3. The molecule has 3 aliphatic carbocycles. The lowest BCUT2D eigenvalue weighted by molar-refractivity contribution is -0.141. The van der Waals surface area contributed by atoms with Crippen molar-refractivity contribution in [3.8, 4) is 0 Å². The van der Waals surface area contributed by atoms with Crippen molar-refractivity contribution in [1.82, 2.24) is 4.90 Å². The summed E-state index contributed by atoms with van der Waals surface area (Å²) in [5.41, 5.74) is 0.881. The molecule has 3 heteroatoms. The first-order valence-corrected chi connectivity index (χ1v) is 9.71. The fourth-order valence-electron chi connectivity index (χ4n) is 6.51. The van der Waals surface area contributed by atoms with Gasteiger partial charge in [-0.25, -0.2) is 0 Å². The fraction of sp³-hybridized carbons (Fsp3) is 0.667. The molecular weight excluding hydrogens is 298 g/mol. The van der Waals surface area contributed by atoms with Crippen LogP contribution < -0.4 is 0 Å². The van der Waals surface area contributed by atoms with Crippen LogP contribution in [0.2, 0.25) is 0 Å². The van der Waals surface area contributed by atoms with E-state index in [1.807, 2.05) is 6.07 Å². The van der Waals surface area contributed by atoms with E-state index in [1.54, 1.807) is 0 Å². The minimum Gasteiger partial charge on any atom is -0.390 e. The number of aliphatic hydroxyl groups is 1. The summed E-state index contributed by atoms with van der Waals surface area (Å²) in [6.45, 7) is 0.924. The molecule has 6 atom stereocenters. The summed E-state index contributed by atoms with van der Waals surface area (Å²) in [7, 11) is 0. The van der Waals surface area contributed by atoms with Gasteiger partial charge in [-0.3, -0.25) is 4.79 Å². The molecule has 24 heavy (non-hydrogen) atoms. The van der Waals surface area contributed by atoms with Crippen molar-refractivity contribution in [3.05, 3.63) is 35.9 Å². The van der Waals surface area contributed by atoms with E-state index in [0.29, 0.717) is 29.7 Å². The zero-order valence-electron chi connectivity index (χ0n) is 14.2. The number of hydrogen-bond acceptors (Lipinski definition) is 2. The summed E-state index contributed by atoms with van der Waals surface area (Å²) in [5.74, 6) is 2.26. The topological polar surface area (TPSA) is 40.5 Å². The first kappa shape index (κ1) is 14.9. The van der Waals surface area contributed by atoms with Gasteiger partial charge in [-0.1, -0.05) is 30.3 Å². The molecule has 3 nitrogen and oxygen atoms in total. The minimum atomic E-state index is -0.393. The molecule has 1 saturated heterocycles. The molecule has 1 amide bonds. The number of fused-ring (bicyclic) bond motifs is 1. The summed E-state index contributed by atoms with van der Waals surface area (Å²) in [5, 5.41) is 10.9. The van der Waals surface area contributed by atoms with Gasteiger partial charge >= 0.3 is 0 Å². The van der Waals surface area contributed by atoms with Crippen molar-refractivity contribution in [1.29, 1.82) is 0 Å². The van der Waals surface area contributed by atoms with Crippen LogP contribution in [0.1, 0.15) is 44.1 Å². The van der Waals surface area contributed by atoms with Crippen LogP contribution in [0.25, 0.3) is 0 Å². The van der Waals surface area contributed by atoms with Crippen LogP contribution in [-0.2, 0) is 11.2 Å². The molecular formula is C21H27NO2. The summed E-state index contributed by atoms with van der Waals surface area (Å²) < 4.78 is 0. The quantitative estimate of drug-likeness (QED) is 0.928. The van der Waals surface area contributed by atoms with Crippen molar-refractivity contribution in [3.63, 3.8) is 0 Å². The third-order valence-corrected chi connectivity index (χ3v) is 7.49. The Kier molecular flexibility index (Phi) is 3.31. The molecule has 128 valence electrons. The first-order chi connectivity index (χ1) is 11.6. The predicted octanol–water partition coefficient (Wildman–Crippen LogP) is 3.02. The Morgan fingerprint density at radius 3 is 2.79 bits per heavy atom. The average molecular weight is 325 g/mol. The largest absolute Gasteiger partial charge is 0.390 e. The molecule has 2 bridgehead atoms. The summed E-state index contributed by atoms with van der Waals surface area (Å²) in [4.78, 5) is 15.2. The zero-order valence-corrected chi connectivity index (χ0v) is 14.2. The van der Waals surface area contributed by atoms with Crippen LogP contribution in [0.5, 0.6) is 0 Å². The molecule has 0 radical (unpaired) electrons. The average Bonchev–Trinajstić information content (AvgIpc) is 3.24. The van der Waals surface area contributed by atoms with Gasteiger partial charge in [-0.05, 0) is 68.3 Å². The van der Waals surface area contributed by atoms with Gasteiger partial charge in [0, 0.05) is 18.5 Å². The van der Waals surface area contributed by atoms with Crippen LogP contribution in [0.3, 0.4) is 0 Å². The summed E-state index contributed by atoms with van der Waals surface area (Å²) in [6.07, 6.45) is 7.25. The highest BCUT2D eigenvalue weighted by Crippen LogP contribution is 2.60. The van der Waals surface area contributed by atoms with E-state index in [0.717, 1.165) is 38.6 Å². The normalized spacial score (nSPS) is 43.6. The lowest BCUT2D eigenvalue weighted by atomic mass is 9.65. The molecule has 1 N–H and O–H groups in total. The maximum atomic E-state index is 13.0. The Bertz CT molecular complexity index is 644. The highest BCUT2D eigenvalue weighted by atomic mass is 16.3. The number of likely N-dealkylation sites (tertiary alicyclic amines) is 1. The zero-order chi connectivity index (χ0) is 16.3. The number of carbonyl (C=O) groups excluding carboxylic acids is 1. The van der Waals surface area contributed by atoms with Crippen molar-refractivity contribution < 1.29 is 9.90 Å². The van der Waals surface area contributed by atoms with Crippen LogP contribution in [-0.4, -0.2) is 34.1 Å². The van der Waals surface area contributed by atoms with Crippen molar-refractivity contribution >= 4 is 5.91 Å². The third kappa shape index (κ3) is 2.17. The van der Waals surface area contributed by atoms with E-state index in [1.165, 1.54) is 18.4 Å². The van der Waals surface area contributed by atoms with Gasteiger partial charge in [0.05, 0.1) is 5.60 Å². The maximum Gasteiger partial charge on any atom is 0.226 e. The van der Waals surface area contributed by atoms with Gasteiger partial charge in [0.1, 0.15) is 0 Å². The van der Waals surface area contributed by atoms with E-state index in [-0.39, 0.29) is 5.92 Å². The summed E-state index contributed by atoms with van der Waals surface area (Å²) in [6, 6.07) is 10.8. The Balaban J connectivity index is 1.31. The van der Waals surface area contributed by atoms with Crippen LogP contribution in [0, 0.1) is 23.7 Å². The van der Waals surface area contributed by atoms with E-state index in [9.17, 15) is 9.90 Å². The number of carbonyl (C=O) groups is 1. The van der Waals surface area contributed by atoms with Crippen molar-refractivity contribution in [2.75, 3.05) is 6.54 Å². The van der Waals surface area contributed by atoms with Gasteiger partial charge in [0.15, 0.2) is 0 Å². The van der Waals surface area contributed by atoms with Gasteiger partial charge in [0.25, 0.3) is 0 Å². The SMILES string of the molecule is O=C1C(Cc2ccccc2)CCN1[C@H]1CC[C@]2(O)CC3CC2[C@H]1C3. The second-order valence-corrected chi connectivity index (χ2v) is 8.73. The summed E-state index contributed by atoms with van der Waals surface area (Å²) >= 11 is 0. The Morgan fingerprint density at radius 1 is 1.17 bits per heavy atom. The van der Waals surface area contributed by atoms with E-state index in [2.05, 4.69) is 29.2 Å². The molecule has 1 aliphatic heterocycles. The van der Waals surface area contributed by atoms with Crippen LogP contribution in [0.15, 0.2) is 30.3 Å². The first-order valence-electron chi connectivity index (χ1n) is 9.71. The number of amides is 1. The Labute approximate surface area is 144 Å². The van der Waals surface area contributed by atoms with Gasteiger partial charge in [-0.2, -0.15) is 0 Å². The second-order valence-electron chi connectivity index (χ2n) is 8.73.